The van der Waals surface area contributed by atoms with Gasteiger partial charge in [-0.15, -0.1) is 0 Å². The van der Waals surface area contributed by atoms with Gasteiger partial charge in [-0.3, -0.25) is 9.11 Å². The van der Waals surface area contributed by atoms with Gasteiger partial charge >= 0.3 is 15.6 Å². The van der Waals surface area contributed by atoms with Gasteiger partial charge in [-0.05, 0) is 13.3 Å². The molecule has 1 aromatic rings. The van der Waals surface area contributed by atoms with Gasteiger partial charge in [-0.25, -0.2) is 4.98 Å². The highest BCUT2D eigenvalue weighted by molar-refractivity contribution is 7.86. The maximum atomic E-state index is 10.7. The molecule has 1 rings (SSSR count). The molecule has 0 aromatic carbocycles. The van der Waals surface area contributed by atoms with Crippen molar-refractivity contribution in [1.82, 2.24) is 9.55 Å². The van der Waals surface area contributed by atoms with Crippen LogP contribution in [0.5, 0.6) is 0 Å². The van der Waals surface area contributed by atoms with E-state index in [0.29, 0.717) is 6.42 Å². The van der Waals surface area contributed by atoms with E-state index in [1.807, 2.05) is 24.7 Å². The first-order valence-corrected chi connectivity index (χ1v) is 8.59. The second kappa shape index (κ2) is 9.07. The molecule has 1 heterocycles. The number of nitrogens with zero attached hydrogens (tertiary/aromatic N) is 2. The number of alkyl halides is 3. The summed E-state index contributed by atoms with van der Waals surface area (Å²) in [5, 5.41) is 0. The van der Waals surface area contributed by atoms with Crippen molar-refractivity contribution < 1.29 is 39.1 Å². The van der Waals surface area contributed by atoms with Gasteiger partial charge in [-0.2, -0.15) is 30.0 Å². The fraction of sp³-hybridized carbons (Fsp3) is 0.667. The van der Waals surface area contributed by atoms with Crippen LogP contribution < -0.4 is 0 Å². The summed E-state index contributed by atoms with van der Waals surface area (Å²) in [7, 11) is -7.54. The lowest BCUT2D eigenvalue weighted by atomic mass is 10.6. The topological polar surface area (TPSA) is 127 Å². The van der Waals surface area contributed by atoms with Crippen molar-refractivity contribution in [1.29, 1.82) is 0 Å². The molecule has 13 heteroatoms. The molecule has 132 valence electrons. The van der Waals surface area contributed by atoms with Gasteiger partial charge in [-0.1, -0.05) is 6.92 Å². The molecule has 0 fully saturated rings. The minimum absolute atomic E-state index is 0.132. The predicted molar refractivity (Wildman–Crippen MR) is 72.3 cm³/mol. The number of rotatable bonds is 2. The maximum absolute atomic E-state index is 10.7. The highest BCUT2D eigenvalue weighted by atomic mass is 32.2. The fourth-order valence-electron chi connectivity index (χ4n) is 0.698. The fourth-order valence-corrected chi connectivity index (χ4v) is 1.21. The van der Waals surface area contributed by atoms with Crippen molar-refractivity contribution in [3.05, 3.63) is 18.2 Å². The van der Waals surface area contributed by atoms with Crippen LogP contribution >= 0.6 is 0 Å². The second-order valence-corrected chi connectivity index (χ2v) is 6.78. The summed E-state index contributed by atoms with van der Waals surface area (Å²) in [6, 6.07) is 0. The lowest BCUT2D eigenvalue weighted by molar-refractivity contribution is -0.0510. The Balaban J connectivity index is 0. The van der Waals surface area contributed by atoms with Crippen molar-refractivity contribution >= 4 is 20.2 Å². The second-order valence-electron chi connectivity index (χ2n) is 3.79. The Bertz CT molecular complexity index is 620. The molecule has 0 amide bonds. The van der Waals surface area contributed by atoms with E-state index in [9.17, 15) is 21.6 Å². The minimum atomic E-state index is -5.84. The highest BCUT2D eigenvalue weighted by Gasteiger charge is 2.44. The molecule has 0 bridgehead atoms. The van der Waals surface area contributed by atoms with Crippen molar-refractivity contribution in [2.45, 2.75) is 25.8 Å². The highest BCUT2D eigenvalue weighted by Crippen LogP contribution is 2.20. The van der Waals surface area contributed by atoms with Gasteiger partial charge in [0.05, 0.1) is 5.75 Å². The summed E-state index contributed by atoms with van der Waals surface area (Å²) in [4.78, 5) is 3.98. The molecule has 8 nitrogen and oxygen atoms in total. The molecule has 0 saturated heterocycles. The Morgan fingerprint density at radius 3 is 1.68 bits per heavy atom. The number of aromatic nitrogens is 2. The van der Waals surface area contributed by atoms with E-state index < -0.39 is 25.7 Å². The number of aryl methyl sites for hydroxylation is 2. The first kappa shape index (κ1) is 23.1. The Kier molecular flexibility index (Phi) is 9.52. The molecule has 2 N–H and O–H groups in total. The monoisotopic (exact) mass is 370 g/mol. The minimum Gasteiger partial charge on any atom is -0.338 e. The molecule has 0 radical (unpaired) electrons. The Labute approximate surface area is 126 Å². The van der Waals surface area contributed by atoms with E-state index in [1.54, 1.807) is 13.1 Å². The van der Waals surface area contributed by atoms with Gasteiger partial charge in [0.25, 0.3) is 10.1 Å². The first-order chi connectivity index (χ1) is 9.62. The normalized spacial score (nSPS) is 11.8. The zero-order valence-corrected chi connectivity index (χ0v) is 13.6. The van der Waals surface area contributed by atoms with E-state index in [2.05, 4.69) is 4.98 Å². The van der Waals surface area contributed by atoms with Crippen molar-refractivity contribution in [2.24, 2.45) is 7.05 Å². The van der Waals surface area contributed by atoms with Crippen LogP contribution in [0.25, 0.3) is 0 Å². The first-order valence-electron chi connectivity index (χ1n) is 5.54. The molecule has 0 atom stereocenters. The summed E-state index contributed by atoms with van der Waals surface area (Å²) < 4.78 is 87.1. The Hall–Kier alpha value is -1.18. The number of hydrogen-bond donors (Lipinski definition) is 2. The van der Waals surface area contributed by atoms with Gasteiger partial charge in [0.2, 0.25) is 0 Å². The SMILES string of the molecule is CCCS(=O)(=O)O.Cc1nccn1C.O=S(=O)(O)C(F)(F)F. The van der Waals surface area contributed by atoms with Gasteiger partial charge in [0.1, 0.15) is 5.82 Å². The molecular weight excluding hydrogens is 353 g/mol. The predicted octanol–water partition coefficient (Wildman–Crippen LogP) is 1.41. The van der Waals surface area contributed by atoms with Crippen LogP contribution in [0.4, 0.5) is 13.2 Å². The van der Waals surface area contributed by atoms with Crippen LogP contribution in [0.1, 0.15) is 19.2 Å². The van der Waals surface area contributed by atoms with Crippen LogP contribution in [-0.2, 0) is 27.3 Å². The van der Waals surface area contributed by atoms with E-state index in [-0.39, 0.29) is 5.75 Å². The summed E-state index contributed by atoms with van der Waals surface area (Å²) in [5.74, 6) is 0.924. The zero-order chi connectivity index (χ0) is 18.2. The van der Waals surface area contributed by atoms with Crippen molar-refractivity contribution in [3.63, 3.8) is 0 Å². The molecule has 22 heavy (non-hydrogen) atoms. The third-order valence-electron chi connectivity index (χ3n) is 1.82. The van der Waals surface area contributed by atoms with E-state index in [4.69, 9.17) is 17.5 Å². The largest absolute Gasteiger partial charge is 0.522 e. The van der Waals surface area contributed by atoms with Gasteiger partial charge < -0.3 is 4.57 Å². The average Bonchev–Trinajstić information content (AvgIpc) is 2.60. The summed E-state index contributed by atoms with van der Waals surface area (Å²) in [5.41, 5.74) is -5.53. The van der Waals surface area contributed by atoms with Gasteiger partial charge in [0, 0.05) is 19.4 Å². The molecular formula is C9H17F3N2O6S2. The molecule has 0 unspecified atom stereocenters. The Morgan fingerprint density at radius 2 is 1.64 bits per heavy atom. The molecule has 0 aliphatic carbocycles. The summed E-state index contributed by atoms with van der Waals surface area (Å²) in [6.07, 6.45) is 4.18. The smallest absolute Gasteiger partial charge is 0.338 e. The molecule has 0 saturated carbocycles. The van der Waals surface area contributed by atoms with E-state index in [1.165, 1.54) is 0 Å². The molecule has 1 aromatic heterocycles. The third kappa shape index (κ3) is 12.6. The third-order valence-corrected chi connectivity index (χ3v) is 3.33. The van der Waals surface area contributed by atoms with Crippen LogP contribution in [-0.4, -0.2) is 46.8 Å². The average molecular weight is 370 g/mol. The molecule has 0 spiro atoms. The zero-order valence-electron chi connectivity index (χ0n) is 11.9. The number of hydrogen-bond acceptors (Lipinski definition) is 5. The van der Waals surface area contributed by atoms with Crippen molar-refractivity contribution in [3.8, 4) is 0 Å². The van der Waals surface area contributed by atoms with Crippen LogP contribution in [0.15, 0.2) is 12.4 Å². The lowest BCUT2D eigenvalue weighted by Gasteiger charge is -1.97. The Morgan fingerprint density at radius 1 is 1.23 bits per heavy atom. The lowest BCUT2D eigenvalue weighted by Crippen LogP contribution is -2.21. The number of halogens is 3. The summed E-state index contributed by atoms with van der Waals surface area (Å²) >= 11 is 0. The standard InChI is InChI=1S/C5H8N2.C3H8O3S.CHF3O3S/c1-5-6-3-4-7(5)2;1-2-3-7(4,5)6;2-1(3,4)8(5,6)7/h3-4H,1-2H3;2-3H2,1H3,(H,4,5,6);(H,5,6,7). The van der Waals surface area contributed by atoms with Crippen LogP contribution in [0.3, 0.4) is 0 Å². The van der Waals surface area contributed by atoms with Crippen molar-refractivity contribution in [2.75, 3.05) is 5.75 Å². The van der Waals surface area contributed by atoms with E-state index >= 15 is 0 Å². The van der Waals surface area contributed by atoms with Gasteiger partial charge in [0.15, 0.2) is 0 Å². The molecule has 0 aliphatic heterocycles. The quantitative estimate of drug-likeness (QED) is 0.595. The maximum Gasteiger partial charge on any atom is 0.522 e. The summed E-state index contributed by atoms with van der Waals surface area (Å²) in [6.45, 7) is 3.66. The number of imidazole rings is 1. The van der Waals surface area contributed by atoms with E-state index in [0.717, 1.165) is 5.82 Å². The van der Waals surface area contributed by atoms with Crippen LogP contribution in [0.2, 0.25) is 0 Å². The van der Waals surface area contributed by atoms with Crippen LogP contribution in [0, 0.1) is 6.92 Å². The molecule has 0 aliphatic rings.